The van der Waals surface area contributed by atoms with Gasteiger partial charge in [-0.05, 0) is 67.9 Å². The summed E-state index contributed by atoms with van der Waals surface area (Å²) >= 11 is 0.854. The lowest BCUT2D eigenvalue weighted by molar-refractivity contribution is -0.127. The van der Waals surface area contributed by atoms with Crippen LogP contribution in [-0.2, 0) is 9.59 Å². The maximum Gasteiger partial charge on any atom is 0.294 e. The van der Waals surface area contributed by atoms with E-state index >= 15 is 0 Å². The third kappa shape index (κ3) is 4.49. The normalized spacial score (nSPS) is 15.9. The second-order valence-electron chi connectivity index (χ2n) is 6.67. The van der Waals surface area contributed by atoms with E-state index < -0.39 is 17.1 Å². The number of nitrogens with zero attached hydrogens (tertiary/aromatic N) is 2. The zero-order valence-corrected chi connectivity index (χ0v) is 16.2. The maximum atomic E-state index is 12.5. The molecule has 1 N–H and O–H groups in total. The first-order valence-electron chi connectivity index (χ1n) is 8.63. The standard InChI is InChI=1S/C20H21N3O3S/c1-13(2)22-8-7-15(11-22)10-17-19(25)23(20(26)27-17)12-18(24)21-16-6-4-5-14(3)9-16/h4-11,13H,12H2,1-3H3,(H,21,24)/b17-10+. The fourth-order valence-electron chi connectivity index (χ4n) is 2.69. The van der Waals surface area contributed by atoms with Crippen molar-refractivity contribution in [3.63, 3.8) is 0 Å². The van der Waals surface area contributed by atoms with E-state index in [9.17, 15) is 14.4 Å². The van der Waals surface area contributed by atoms with E-state index in [2.05, 4.69) is 19.2 Å². The fraction of sp³-hybridized carbons (Fsp3) is 0.250. The Bertz CT molecular complexity index is 930. The molecule has 0 saturated carbocycles. The van der Waals surface area contributed by atoms with Gasteiger partial charge >= 0.3 is 0 Å². The molecule has 6 nitrogen and oxygen atoms in total. The van der Waals surface area contributed by atoms with Crippen LogP contribution in [-0.4, -0.2) is 33.1 Å². The molecule has 3 rings (SSSR count). The third-order valence-electron chi connectivity index (χ3n) is 4.11. The zero-order chi connectivity index (χ0) is 19.6. The minimum atomic E-state index is -0.443. The Morgan fingerprint density at radius 3 is 2.70 bits per heavy atom. The monoisotopic (exact) mass is 383 g/mol. The van der Waals surface area contributed by atoms with Crippen LogP contribution < -0.4 is 5.32 Å². The summed E-state index contributed by atoms with van der Waals surface area (Å²) in [6.07, 6.45) is 5.53. The van der Waals surface area contributed by atoms with Crippen molar-refractivity contribution in [3.8, 4) is 0 Å². The second kappa shape index (κ2) is 7.84. The molecule has 2 heterocycles. The number of hydrogen-bond donors (Lipinski definition) is 1. The molecule has 0 radical (unpaired) electrons. The molecule has 0 unspecified atom stereocenters. The van der Waals surface area contributed by atoms with Gasteiger partial charge in [-0.2, -0.15) is 0 Å². The van der Waals surface area contributed by atoms with Crippen LogP contribution in [0.15, 0.2) is 47.6 Å². The smallest absolute Gasteiger partial charge is 0.294 e. The van der Waals surface area contributed by atoms with Crippen molar-refractivity contribution in [2.75, 3.05) is 11.9 Å². The van der Waals surface area contributed by atoms with Gasteiger partial charge in [0.25, 0.3) is 11.1 Å². The van der Waals surface area contributed by atoms with Gasteiger partial charge in [-0.1, -0.05) is 12.1 Å². The number of anilines is 1. The van der Waals surface area contributed by atoms with Gasteiger partial charge in [-0.3, -0.25) is 19.3 Å². The lowest BCUT2D eigenvalue weighted by Crippen LogP contribution is -2.36. The Labute approximate surface area is 162 Å². The Morgan fingerprint density at radius 1 is 1.26 bits per heavy atom. The van der Waals surface area contributed by atoms with Crippen molar-refractivity contribution in [3.05, 3.63) is 58.8 Å². The number of aromatic nitrogens is 1. The third-order valence-corrected chi connectivity index (χ3v) is 5.02. The fourth-order valence-corrected chi connectivity index (χ4v) is 3.53. The average molecular weight is 383 g/mol. The van der Waals surface area contributed by atoms with Crippen LogP contribution in [0.4, 0.5) is 10.5 Å². The zero-order valence-electron chi connectivity index (χ0n) is 15.4. The molecule has 140 valence electrons. The summed E-state index contributed by atoms with van der Waals surface area (Å²) in [5, 5.41) is 2.28. The number of imide groups is 1. The lowest BCUT2D eigenvalue weighted by Gasteiger charge is -2.12. The van der Waals surface area contributed by atoms with E-state index in [0.717, 1.165) is 27.8 Å². The molecule has 7 heteroatoms. The van der Waals surface area contributed by atoms with Crippen LogP contribution in [0.25, 0.3) is 6.08 Å². The quantitative estimate of drug-likeness (QED) is 0.791. The molecule has 0 spiro atoms. The summed E-state index contributed by atoms with van der Waals surface area (Å²) in [6, 6.07) is 9.54. The number of carbonyl (C=O) groups excluding carboxylic acids is 3. The Balaban J connectivity index is 1.68. The lowest BCUT2D eigenvalue weighted by atomic mass is 10.2. The molecule has 1 saturated heterocycles. The SMILES string of the molecule is Cc1cccc(NC(=O)CN2C(=O)S/C(=C/c3ccn(C(C)C)c3)C2=O)c1. The molecular weight excluding hydrogens is 362 g/mol. The van der Waals surface area contributed by atoms with Gasteiger partial charge in [-0.15, -0.1) is 0 Å². The van der Waals surface area contributed by atoms with Crippen LogP contribution >= 0.6 is 11.8 Å². The first-order valence-corrected chi connectivity index (χ1v) is 9.44. The highest BCUT2D eigenvalue weighted by atomic mass is 32.2. The Kier molecular flexibility index (Phi) is 5.51. The van der Waals surface area contributed by atoms with Gasteiger partial charge in [0.2, 0.25) is 5.91 Å². The van der Waals surface area contributed by atoms with Gasteiger partial charge in [0.05, 0.1) is 4.91 Å². The topological polar surface area (TPSA) is 71.4 Å². The largest absolute Gasteiger partial charge is 0.351 e. The minimum Gasteiger partial charge on any atom is -0.351 e. The van der Waals surface area contributed by atoms with Gasteiger partial charge in [-0.25, -0.2) is 0 Å². The molecule has 3 amide bonds. The number of benzene rings is 1. The predicted molar refractivity (Wildman–Crippen MR) is 107 cm³/mol. The summed E-state index contributed by atoms with van der Waals surface area (Å²) in [5.41, 5.74) is 2.49. The molecule has 1 aromatic carbocycles. The number of nitrogens with one attached hydrogen (secondary N) is 1. The van der Waals surface area contributed by atoms with E-state index in [1.165, 1.54) is 0 Å². The molecule has 1 fully saturated rings. The van der Waals surface area contributed by atoms with E-state index in [-0.39, 0.29) is 6.54 Å². The average Bonchev–Trinajstić information content (AvgIpc) is 3.16. The number of amides is 3. The first kappa shape index (κ1) is 19.0. The molecular formula is C20H21N3O3S. The number of rotatable bonds is 5. The van der Waals surface area contributed by atoms with Crippen molar-refractivity contribution in [1.29, 1.82) is 0 Å². The highest BCUT2D eigenvalue weighted by molar-refractivity contribution is 8.18. The number of carbonyl (C=O) groups is 3. The predicted octanol–water partition coefficient (Wildman–Crippen LogP) is 4.05. The van der Waals surface area contributed by atoms with Crippen molar-refractivity contribution >= 4 is 40.6 Å². The second-order valence-corrected chi connectivity index (χ2v) is 7.66. The maximum absolute atomic E-state index is 12.5. The van der Waals surface area contributed by atoms with E-state index in [4.69, 9.17) is 0 Å². The molecule has 1 aliphatic heterocycles. The van der Waals surface area contributed by atoms with Crippen LogP contribution in [0.2, 0.25) is 0 Å². The molecule has 27 heavy (non-hydrogen) atoms. The highest BCUT2D eigenvalue weighted by Crippen LogP contribution is 2.32. The van der Waals surface area contributed by atoms with Gasteiger partial charge in [0.15, 0.2) is 0 Å². The highest BCUT2D eigenvalue weighted by Gasteiger charge is 2.36. The van der Waals surface area contributed by atoms with Crippen LogP contribution in [0.5, 0.6) is 0 Å². The van der Waals surface area contributed by atoms with Gasteiger partial charge < -0.3 is 9.88 Å². The molecule has 2 aromatic rings. The van der Waals surface area contributed by atoms with Crippen molar-refractivity contribution < 1.29 is 14.4 Å². The van der Waals surface area contributed by atoms with Crippen LogP contribution in [0.3, 0.4) is 0 Å². The summed E-state index contributed by atoms with van der Waals surface area (Å²) < 4.78 is 2.02. The van der Waals surface area contributed by atoms with E-state index in [0.29, 0.717) is 16.6 Å². The van der Waals surface area contributed by atoms with Crippen LogP contribution in [0.1, 0.15) is 31.0 Å². The van der Waals surface area contributed by atoms with Gasteiger partial charge in [0, 0.05) is 24.1 Å². The molecule has 0 atom stereocenters. The summed E-state index contributed by atoms with van der Waals surface area (Å²) in [6.45, 7) is 5.74. The van der Waals surface area contributed by atoms with Crippen molar-refractivity contribution in [1.82, 2.24) is 9.47 Å². The number of aryl methyl sites for hydroxylation is 1. The summed E-state index contributed by atoms with van der Waals surface area (Å²) in [4.78, 5) is 38.2. The first-order chi connectivity index (χ1) is 12.8. The minimum absolute atomic E-state index is 0.303. The molecule has 1 aliphatic rings. The van der Waals surface area contributed by atoms with Crippen molar-refractivity contribution in [2.45, 2.75) is 26.8 Å². The van der Waals surface area contributed by atoms with Gasteiger partial charge in [0.1, 0.15) is 6.54 Å². The number of thioether (sulfide) groups is 1. The number of hydrogen-bond acceptors (Lipinski definition) is 4. The Morgan fingerprint density at radius 2 is 2.04 bits per heavy atom. The van der Waals surface area contributed by atoms with E-state index in [1.807, 2.05) is 48.1 Å². The van der Waals surface area contributed by atoms with Crippen LogP contribution in [0, 0.1) is 6.92 Å². The summed E-state index contributed by atoms with van der Waals surface area (Å²) in [7, 11) is 0. The van der Waals surface area contributed by atoms with Crippen molar-refractivity contribution in [2.24, 2.45) is 0 Å². The summed E-state index contributed by atoms with van der Waals surface area (Å²) in [5.74, 6) is -0.850. The Hall–Kier alpha value is -2.80. The molecule has 1 aromatic heterocycles. The molecule has 0 aliphatic carbocycles. The van der Waals surface area contributed by atoms with E-state index in [1.54, 1.807) is 12.1 Å². The molecule has 0 bridgehead atoms.